The molecule has 3 heteroatoms. The number of hydrogen-bond acceptors (Lipinski definition) is 2. The molecule has 0 unspecified atom stereocenters. The zero-order valence-electron chi connectivity index (χ0n) is 5.44. The van der Waals surface area contributed by atoms with E-state index in [9.17, 15) is 0 Å². The van der Waals surface area contributed by atoms with Gasteiger partial charge in [-0.2, -0.15) is 0 Å². The number of aromatic nitrogens is 1. The van der Waals surface area contributed by atoms with Crippen molar-refractivity contribution in [1.29, 1.82) is 0 Å². The molecule has 0 aliphatic carbocycles. The highest BCUT2D eigenvalue weighted by atomic mass is 79.9. The summed E-state index contributed by atoms with van der Waals surface area (Å²) in [6, 6.07) is 0. The van der Waals surface area contributed by atoms with Crippen LogP contribution >= 0.6 is 15.9 Å². The van der Waals surface area contributed by atoms with Gasteiger partial charge in [-0.3, -0.25) is 0 Å². The average molecular weight is 190 g/mol. The smallest absolute Gasteiger partial charge is 0.205 e. The quantitative estimate of drug-likeness (QED) is 0.678. The Balaban J connectivity index is 3.07. The maximum atomic E-state index is 4.85. The summed E-state index contributed by atoms with van der Waals surface area (Å²) in [5.74, 6) is 0. The number of aryl methyl sites for hydroxylation is 1. The molecule has 0 aliphatic rings. The Hall–Kier alpha value is -0.310. The lowest BCUT2D eigenvalue weighted by molar-refractivity contribution is 0.395. The number of nitrogens with zero attached hydrogens (tertiary/aromatic N) is 1. The van der Waals surface area contributed by atoms with Crippen molar-refractivity contribution in [2.75, 3.05) is 0 Å². The first-order valence-corrected chi connectivity index (χ1v) is 3.65. The third-order valence-corrected chi connectivity index (χ3v) is 1.91. The predicted octanol–water partition coefficient (Wildman–Crippen LogP) is 2.31. The van der Waals surface area contributed by atoms with Crippen LogP contribution < -0.4 is 0 Å². The minimum absolute atomic E-state index is 0.766. The first-order chi connectivity index (χ1) is 4.25. The Labute approximate surface area is 62.4 Å². The van der Waals surface area contributed by atoms with Crippen LogP contribution in [0.15, 0.2) is 9.19 Å². The molecule has 0 N–H and O–H groups in total. The zero-order chi connectivity index (χ0) is 6.85. The van der Waals surface area contributed by atoms with E-state index >= 15 is 0 Å². The molecular weight excluding hydrogens is 182 g/mol. The summed E-state index contributed by atoms with van der Waals surface area (Å²) < 4.78 is 5.62. The van der Waals surface area contributed by atoms with Gasteiger partial charge in [-0.05, 0) is 29.3 Å². The molecule has 0 saturated heterocycles. The van der Waals surface area contributed by atoms with E-state index in [1.165, 1.54) is 0 Å². The summed E-state index contributed by atoms with van der Waals surface area (Å²) >= 11 is 3.25. The highest BCUT2D eigenvalue weighted by molar-refractivity contribution is 9.10. The molecule has 2 nitrogen and oxygen atoms in total. The Morgan fingerprint density at radius 3 is 2.56 bits per heavy atom. The van der Waals surface area contributed by atoms with E-state index in [-0.39, 0.29) is 0 Å². The standard InChI is InChI=1S/C6H8BrNO/c1-3-5-4(2)8-9-6(5)7/h3H2,1-2H3. The molecule has 0 aromatic carbocycles. The second-order valence-electron chi connectivity index (χ2n) is 1.87. The maximum Gasteiger partial charge on any atom is 0.205 e. The fourth-order valence-corrected chi connectivity index (χ4v) is 1.40. The van der Waals surface area contributed by atoms with Crippen molar-refractivity contribution >= 4 is 15.9 Å². The summed E-state index contributed by atoms with van der Waals surface area (Å²) in [5.41, 5.74) is 2.14. The van der Waals surface area contributed by atoms with Crippen molar-refractivity contribution in [1.82, 2.24) is 5.16 Å². The average Bonchev–Trinajstić information content (AvgIpc) is 2.12. The number of halogens is 1. The van der Waals surface area contributed by atoms with E-state index < -0.39 is 0 Å². The molecule has 1 heterocycles. The van der Waals surface area contributed by atoms with Crippen molar-refractivity contribution in [3.63, 3.8) is 0 Å². The van der Waals surface area contributed by atoms with Gasteiger partial charge in [-0.15, -0.1) is 0 Å². The van der Waals surface area contributed by atoms with Crippen molar-refractivity contribution in [2.24, 2.45) is 0 Å². The van der Waals surface area contributed by atoms with Gasteiger partial charge in [0.05, 0.1) is 5.69 Å². The van der Waals surface area contributed by atoms with Gasteiger partial charge in [0.15, 0.2) is 0 Å². The zero-order valence-corrected chi connectivity index (χ0v) is 7.03. The third kappa shape index (κ3) is 1.15. The highest BCUT2D eigenvalue weighted by Crippen LogP contribution is 2.19. The molecule has 0 atom stereocenters. The SMILES string of the molecule is CCc1c(C)noc1Br. The molecule has 0 radical (unpaired) electrons. The first kappa shape index (κ1) is 6.81. The lowest BCUT2D eigenvalue weighted by atomic mass is 10.2. The topological polar surface area (TPSA) is 26.0 Å². The van der Waals surface area contributed by atoms with Crippen molar-refractivity contribution < 1.29 is 4.52 Å². The molecule has 0 fully saturated rings. The van der Waals surface area contributed by atoms with Crippen LogP contribution in [0.2, 0.25) is 0 Å². The molecule has 1 rings (SSSR count). The van der Waals surface area contributed by atoms with Crippen LogP contribution in [0.1, 0.15) is 18.2 Å². The van der Waals surface area contributed by atoms with Crippen molar-refractivity contribution in [3.05, 3.63) is 15.9 Å². The van der Waals surface area contributed by atoms with Crippen LogP contribution in [-0.2, 0) is 6.42 Å². The molecule has 0 saturated carbocycles. The van der Waals surface area contributed by atoms with Gasteiger partial charge in [0, 0.05) is 5.56 Å². The van der Waals surface area contributed by atoms with Crippen molar-refractivity contribution in [3.8, 4) is 0 Å². The van der Waals surface area contributed by atoms with E-state index in [1.807, 2.05) is 6.92 Å². The van der Waals surface area contributed by atoms with Gasteiger partial charge < -0.3 is 4.52 Å². The van der Waals surface area contributed by atoms with E-state index in [2.05, 4.69) is 28.0 Å². The molecule has 1 aromatic heterocycles. The van der Waals surface area contributed by atoms with Crippen molar-refractivity contribution in [2.45, 2.75) is 20.3 Å². The van der Waals surface area contributed by atoms with E-state index in [0.29, 0.717) is 0 Å². The van der Waals surface area contributed by atoms with E-state index in [0.717, 1.165) is 22.3 Å². The van der Waals surface area contributed by atoms with Crippen LogP contribution in [0, 0.1) is 6.92 Å². The third-order valence-electron chi connectivity index (χ3n) is 1.29. The fraction of sp³-hybridized carbons (Fsp3) is 0.500. The summed E-state index contributed by atoms with van der Waals surface area (Å²) in [6.07, 6.45) is 0.968. The second kappa shape index (κ2) is 2.52. The lowest BCUT2D eigenvalue weighted by Gasteiger charge is -1.86. The van der Waals surface area contributed by atoms with Gasteiger partial charge >= 0.3 is 0 Å². The predicted molar refractivity (Wildman–Crippen MR) is 38.3 cm³/mol. The van der Waals surface area contributed by atoms with Crippen LogP contribution in [0.4, 0.5) is 0 Å². The Morgan fingerprint density at radius 2 is 2.33 bits per heavy atom. The monoisotopic (exact) mass is 189 g/mol. The minimum atomic E-state index is 0.766. The molecule has 0 spiro atoms. The Morgan fingerprint density at radius 1 is 1.67 bits per heavy atom. The highest BCUT2D eigenvalue weighted by Gasteiger charge is 2.05. The van der Waals surface area contributed by atoms with Crippen LogP contribution in [-0.4, -0.2) is 5.16 Å². The normalized spacial score (nSPS) is 10.1. The molecule has 0 amide bonds. The summed E-state index contributed by atoms with van der Waals surface area (Å²) in [7, 11) is 0. The van der Waals surface area contributed by atoms with E-state index in [1.54, 1.807) is 0 Å². The summed E-state index contributed by atoms with van der Waals surface area (Å²) in [5, 5.41) is 3.77. The maximum absolute atomic E-state index is 4.85. The van der Waals surface area contributed by atoms with Gasteiger partial charge in [-0.1, -0.05) is 12.1 Å². The molecule has 50 valence electrons. The minimum Gasteiger partial charge on any atom is -0.349 e. The molecule has 9 heavy (non-hydrogen) atoms. The first-order valence-electron chi connectivity index (χ1n) is 2.86. The number of hydrogen-bond donors (Lipinski definition) is 0. The van der Waals surface area contributed by atoms with E-state index in [4.69, 9.17) is 4.52 Å². The van der Waals surface area contributed by atoms with Gasteiger partial charge in [-0.25, -0.2) is 0 Å². The van der Waals surface area contributed by atoms with Gasteiger partial charge in [0.1, 0.15) is 0 Å². The van der Waals surface area contributed by atoms with Crippen LogP contribution in [0.25, 0.3) is 0 Å². The number of rotatable bonds is 1. The summed E-state index contributed by atoms with van der Waals surface area (Å²) in [4.78, 5) is 0. The summed E-state index contributed by atoms with van der Waals surface area (Å²) in [6.45, 7) is 4.01. The van der Waals surface area contributed by atoms with Gasteiger partial charge in [0.2, 0.25) is 4.67 Å². The lowest BCUT2D eigenvalue weighted by Crippen LogP contribution is -1.79. The van der Waals surface area contributed by atoms with Crippen LogP contribution in [0.5, 0.6) is 0 Å². The molecule has 0 bridgehead atoms. The largest absolute Gasteiger partial charge is 0.349 e. The Kier molecular flexibility index (Phi) is 1.90. The second-order valence-corrected chi connectivity index (χ2v) is 2.59. The van der Waals surface area contributed by atoms with Gasteiger partial charge in [0.25, 0.3) is 0 Å². The molecule has 1 aromatic rings. The molecular formula is C6H8BrNO. The Bertz CT molecular complexity index is 187. The molecule has 0 aliphatic heterocycles. The van der Waals surface area contributed by atoms with Crippen LogP contribution in [0.3, 0.4) is 0 Å². The fourth-order valence-electron chi connectivity index (χ4n) is 0.756.